The third-order valence-electron chi connectivity index (χ3n) is 3.91. The normalized spacial score (nSPS) is 10.6. The van der Waals surface area contributed by atoms with E-state index in [1.54, 1.807) is 61.7 Å². The van der Waals surface area contributed by atoms with Crippen molar-refractivity contribution in [3.8, 4) is 11.5 Å². The van der Waals surface area contributed by atoms with Crippen molar-refractivity contribution in [3.05, 3.63) is 102 Å². The van der Waals surface area contributed by atoms with Crippen LogP contribution in [0.25, 0.3) is 6.08 Å². The molecule has 0 N–H and O–H groups in total. The van der Waals surface area contributed by atoms with Crippen LogP contribution in [0.15, 0.2) is 84.9 Å². The number of para-hydroxylation sites is 1. The third kappa shape index (κ3) is 4.70. The number of ether oxygens (including phenoxy) is 2. The lowest BCUT2D eigenvalue weighted by atomic mass is 10.1. The monoisotopic (exact) mass is 358 g/mol. The average molecular weight is 358 g/mol. The van der Waals surface area contributed by atoms with Crippen molar-refractivity contribution >= 4 is 17.8 Å². The lowest BCUT2D eigenvalue weighted by molar-refractivity contribution is 0.0734. The summed E-state index contributed by atoms with van der Waals surface area (Å²) >= 11 is 0. The number of esters is 1. The Kier molecular flexibility index (Phi) is 5.80. The van der Waals surface area contributed by atoms with E-state index in [1.807, 2.05) is 30.3 Å². The van der Waals surface area contributed by atoms with Gasteiger partial charge in [-0.3, -0.25) is 4.79 Å². The number of allylic oxidation sites excluding steroid dienone is 1. The predicted octanol–water partition coefficient (Wildman–Crippen LogP) is 4.81. The second-order valence-electron chi connectivity index (χ2n) is 5.72. The Morgan fingerprint density at radius 1 is 0.778 bits per heavy atom. The van der Waals surface area contributed by atoms with Crippen molar-refractivity contribution in [1.82, 2.24) is 0 Å². The zero-order valence-corrected chi connectivity index (χ0v) is 14.8. The quantitative estimate of drug-likeness (QED) is 0.275. The van der Waals surface area contributed by atoms with E-state index in [-0.39, 0.29) is 5.78 Å². The summed E-state index contributed by atoms with van der Waals surface area (Å²) < 4.78 is 10.6. The van der Waals surface area contributed by atoms with Crippen molar-refractivity contribution < 1.29 is 19.1 Å². The Labute approximate surface area is 157 Å². The van der Waals surface area contributed by atoms with E-state index in [4.69, 9.17) is 9.47 Å². The second-order valence-corrected chi connectivity index (χ2v) is 5.72. The van der Waals surface area contributed by atoms with Crippen molar-refractivity contribution in [2.75, 3.05) is 7.11 Å². The molecule has 0 bridgehead atoms. The molecule has 0 aliphatic rings. The summed E-state index contributed by atoms with van der Waals surface area (Å²) in [6, 6.07) is 22.6. The summed E-state index contributed by atoms with van der Waals surface area (Å²) in [6.07, 6.45) is 3.20. The summed E-state index contributed by atoms with van der Waals surface area (Å²) in [5, 5.41) is 0. The van der Waals surface area contributed by atoms with Gasteiger partial charge < -0.3 is 9.47 Å². The number of hydrogen-bond acceptors (Lipinski definition) is 4. The minimum Gasteiger partial charge on any atom is -0.496 e. The molecule has 3 aromatic rings. The van der Waals surface area contributed by atoms with E-state index < -0.39 is 5.97 Å². The van der Waals surface area contributed by atoms with E-state index in [0.717, 1.165) is 5.56 Å². The van der Waals surface area contributed by atoms with Gasteiger partial charge in [0.25, 0.3) is 0 Å². The standard InChI is InChI=1S/C23H18O4/c1-26-22-10-6-5-7-18(22)13-16-21(24)17-11-14-20(15-12-17)27-23(25)19-8-3-2-4-9-19/h2-16H,1H3. The largest absolute Gasteiger partial charge is 0.496 e. The molecule has 27 heavy (non-hydrogen) atoms. The molecule has 0 aromatic heterocycles. The van der Waals surface area contributed by atoms with Crippen molar-refractivity contribution in [2.24, 2.45) is 0 Å². The average Bonchev–Trinajstić information content (AvgIpc) is 2.73. The molecular weight excluding hydrogens is 340 g/mol. The topological polar surface area (TPSA) is 52.6 Å². The number of hydrogen-bond donors (Lipinski definition) is 0. The molecule has 4 heteroatoms. The Balaban J connectivity index is 1.67. The first-order valence-electron chi connectivity index (χ1n) is 8.40. The van der Waals surface area contributed by atoms with Crippen molar-refractivity contribution in [2.45, 2.75) is 0 Å². The van der Waals surface area contributed by atoms with Crippen LogP contribution in [0, 0.1) is 0 Å². The van der Waals surface area contributed by atoms with E-state index in [0.29, 0.717) is 22.6 Å². The lowest BCUT2D eigenvalue weighted by Gasteiger charge is -2.05. The molecule has 134 valence electrons. The summed E-state index contributed by atoms with van der Waals surface area (Å²) in [6.45, 7) is 0. The molecular formula is C23H18O4. The number of methoxy groups -OCH3 is 1. The number of ketones is 1. The molecule has 0 atom stereocenters. The zero-order valence-electron chi connectivity index (χ0n) is 14.8. The Morgan fingerprint density at radius 2 is 1.44 bits per heavy atom. The maximum atomic E-state index is 12.3. The van der Waals surface area contributed by atoms with Gasteiger partial charge in [0, 0.05) is 11.1 Å². The van der Waals surface area contributed by atoms with Gasteiger partial charge >= 0.3 is 5.97 Å². The van der Waals surface area contributed by atoms with E-state index in [9.17, 15) is 9.59 Å². The molecule has 0 heterocycles. The maximum absolute atomic E-state index is 12.3. The highest BCUT2D eigenvalue weighted by Crippen LogP contribution is 2.20. The van der Waals surface area contributed by atoms with Crippen molar-refractivity contribution in [3.63, 3.8) is 0 Å². The molecule has 0 aliphatic carbocycles. The van der Waals surface area contributed by atoms with Crippen LogP contribution in [0.1, 0.15) is 26.3 Å². The fourth-order valence-corrected chi connectivity index (χ4v) is 2.49. The Bertz CT molecular complexity index is 957. The minimum absolute atomic E-state index is 0.151. The second kappa shape index (κ2) is 8.63. The summed E-state index contributed by atoms with van der Waals surface area (Å²) in [7, 11) is 1.59. The molecule has 4 nitrogen and oxygen atoms in total. The minimum atomic E-state index is -0.439. The van der Waals surface area contributed by atoms with Gasteiger partial charge in [-0.15, -0.1) is 0 Å². The molecule has 0 unspecified atom stereocenters. The van der Waals surface area contributed by atoms with Gasteiger partial charge in [-0.05, 0) is 54.6 Å². The number of benzene rings is 3. The number of rotatable bonds is 6. The number of carbonyl (C=O) groups excluding carboxylic acids is 2. The van der Waals surface area contributed by atoms with E-state index in [1.165, 1.54) is 6.08 Å². The molecule has 0 saturated heterocycles. The van der Waals surface area contributed by atoms with Crippen LogP contribution in [-0.4, -0.2) is 18.9 Å². The fourth-order valence-electron chi connectivity index (χ4n) is 2.49. The van der Waals surface area contributed by atoms with Gasteiger partial charge in [-0.1, -0.05) is 36.4 Å². The zero-order chi connectivity index (χ0) is 19.1. The van der Waals surface area contributed by atoms with Crippen LogP contribution in [0.4, 0.5) is 0 Å². The highest BCUT2D eigenvalue weighted by Gasteiger charge is 2.09. The third-order valence-corrected chi connectivity index (χ3v) is 3.91. The Hall–Kier alpha value is -3.66. The van der Waals surface area contributed by atoms with Gasteiger partial charge in [0.1, 0.15) is 11.5 Å². The molecule has 3 aromatic carbocycles. The predicted molar refractivity (Wildman–Crippen MR) is 104 cm³/mol. The van der Waals surface area contributed by atoms with Crippen LogP contribution >= 0.6 is 0 Å². The molecule has 0 saturated carbocycles. The highest BCUT2D eigenvalue weighted by molar-refractivity contribution is 6.07. The SMILES string of the molecule is COc1ccccc1C=CC(=O)c1ccc(OC(=O)c2ccccc2)cc1. The lowest BCUT2D eigenvalue weighted by Crippen LogP contribution is -2.08. The summed E-state index contributed by atoms with van der Waals surface area (Å²) in [4.78, 5) is 24.4. The van der Waals surface area contributed by atoms with Gasteiger partial charge in [0.15, 0.2) is 5.78 Å². The number of carbonyl (C=O) groups is 2. The molecule has 3 rings (SSSR count). The molecule has 0 spiro atoms. The maximum Gasteiger partial charge on any atom is 0.343 e. The first-order chi connectivity index (χ1) is 13.2. The van der Waals surface area contributed by atoms with Crippen LogP contribution in [0.3, 0.4) is 0 Å². The van der Waals surface area contributed by atoms with Gasteiger partial charge in [-0.25, -0.2) is 4.79 Å². The molecule has 0 amide bonds. The van der Waals surface area contributed by atoms with E-state index >= 15 is 0 Å². The summed E-state index contributed by atoms with van der Waals surface area (Å²) in [5.41, 5.74) is 1.79. The van der Waals surface area contributed by atoms with Crippen molar-refractivity contribution in [1.29, 1.82) is 0 Å². The first-order valence-corrected chi connectivity index (χ1v) is 8.40. The first kappa shape index (κ1) is 18.1. The Morgan fingerprint density at radius 3 is 2.15 bits per heavy atom. The molecule has 0 radical (unpaired) electrons. The smallest absolute Gasteiger partial charge is 0.343 e. The fraction of sp³-hybridized carbons (Fsp3) is 0.0435. The van der Waals surface area contributed by atoms with Gasteiger partial charge in [-0.2, -0.15) is 0 Å². The van der Waals surface area contributed by atoms with Crippen LogP contribution in [-0.2, 0) is 0 Å². The van der Waals surface area contributed by atoms with Gasteiger partial charge in [0.05, 0.1) is 12.7 Å². The summed E-state index contributed by atoms with van der Waals surface area (Å²) in [5.74, 6) is 0.492. The highest BCUT2D eigenvalue weighted by atomic mass is 16.5. The van der Waals surface area contributed by atoms with Crippen LogP contribution in [0.2, 0.25) is 0 Å². The molecule has 0 fully saturated rings. The van der Waals surface area contributed by atoms with Crippen LogP contribution in [0.5, 0.6) is 11.5 Å². The van der Waals surface area contributed by atoms with Crippen LogP contribution < -0.4 is 9.47 Å². The van der Waals surface area contributed by atoms with Gasteiger partial charge in [0.2, 0.25) is 0 Å². The van der Waals surface area contributed by atoms with E-state index in [2.05, 4.69) is 0 Å². The molecule has 0 aliphatic heterocycles.